The summed E-state index contributed by atoms with van der Waals surface area (Å²) in [6, 6.07) is 12.2. The van der Waals surface area contributed by atoms with Gasteiger partial charge in [0.25, 0.3) is 0 Å². The maximum atomic E-state index is 13.5. The van der Waals surface area contributed by atoms with E-state index in [1.807, 2.05) is 12.1 Å². The van der Waals surface area contributed by atoms with Gasteiger partial charge in [0.1, 0.15) is 5.75 Å². The van der Waals surface area contributed by atoms with Crippen molar-refractivity contribution in [3.05, 3.63) is 65.5 Å². The van der Waals surface area contributed by atoms with E-state index < -0.39 is 25.8 Å². The molecule has 0 bridgehead atoms. The summed E-state index contributed by atoms with van der Waals surface area (Å²) in [6.45, 7) is 3.24. The first-order valence-corrected chi connectivity index (χ1v) is 11.5. The Hall–Kier alpha value is -2.52. The Balaban J connectivity index is 1.93. The summed E-state index contributed by atoms with van der Waals surface area (Å²) in [7, 11) is -3.78. The molecular formula is C23H26N2O3S. The van der Waals surface area contributed by atoms with Crippen molar-refractivity contribution >= 4 is 15.6 Å². The summed E-state index contributed by atoms with van der Waals surface area (Å²) >= 11 is 0. The molecule has 1 saturated carbocycles. The van der Waals surface area contributed by atoms with Crippen molar-refractivity contribution in [3.8, 4) is 6.07 Å². The second-order valence-corrected chi connectivity index (χ2v) is 10.8. The Kier molecular flexibility index (Phi) is 5.90. The Morgan fingerprint density at radius 3 is 2.34 bits per heavy atom. The van der Waals surface area contributed by atoms with E-state index >= 15 is 0 Å². The van der Waals surface area contributed by atoms with Gasteiger partial charge in [-0.15, -0.1) is 0 Å². The molecule has 5 nitrogen and oxygen atoms in total. The highest BCUT2D eigenvalue weighted by Crippen LogP contribution is 2.41. The highest BCUT2D eigenvalue weighted by atomic mass is 32.2. The van der Waals surface area contributed by atoms with Crippen molar-refractivity contribution in [2.75, 3.05) is 5.75 Å². The maximum Gasteiger partial charge on any atom is 0.166 e. The zero-order valence-electron chi connectivity index (χ0n) is 16.9. The Labute approximate surface area is 172 Å². The van der Waals surface area contributed by atoms with Crippen LogP contribution in [0.4, 0.5) is 0 Å². The van der Waals surface area contributed by atoms with Gasteiger partial charge in [-0.2, -0.15) is 5.26 Å². The topological polar surface area (TPSA) is 87.9 Å². The van der Waals surface area contributed by atoms with Crippen LogP contribution < -0.4 is 0 Å². The number of nitrogens with zero attached hydrogens (tertiary/aromatic N) is 2. The lowest BCUT2D eigenvalue weighted by Gasteiger charge is -2.37. The van der Waals surface area contributed by atoms with E-state index in [1.54, 1.807) is 56.6 Å². The monoisotopic (exact) mass is 410 g/mol. The minimum absolute atomic E-state index is 0.244. The largest absolute Gasteiger partial charge is 0.298 e. The first-order chi connectivity index (χ1) is 13.7. The predicted octanol–water partition coefficient (Wildman–Crippen LogP) is 4.07. The SMILES string of the molecule is CC(C)(c1ccc(C#N)cc1)S(=O)(=O)CC(=O)C1(c2cccnc2)CCCCC1. The fourth-order valence-corrected chi connectivity index (χ4v) is 5.62. The van der Waals surface area contributed by atoms with Gasteiger partial charge in [-0.25, -0.2) is 8.42 Å². The van der Waals surface area contributed by atoms with Crippen molar-refractivity contribution in [2.24, 2.45) is 0 Å². The summed E-state index contributed by atoms with van der Waals surface area (Å²) in [5.41, 5.74) is 1.08. The second-order valence-electron chi connectivity index (χ2n) is 8.27. The number of rotatable bonds is 6. The molecule has 3 rings (SSSR count). The standard InChI is InChI=1S/C23H26N2O3S/c1-22(2,19-10-8-18(15-24)9-11-19)29(27,28)17-21(26)23(12-4-3-5-13-23)20-7-6-14-25-16-20/h6-11,14,16H,3-5,12-13,17H2,1-2H3. The van der Waals surface area contributed by atoms with Crippen molar-refractivity contribution < 1.29 is 13.2 Å². The van der Waals surface area contributed by atoms with Gasteiger partial charge < -0.3 is 0 Å². The van der Waals surface area contributed by atoms with Gasteiger partial charge in [0.2, 0.25) is 0 Å². The second kappa shape index (κ2) is 8.08. The summed E-state index contributed by atoms with van der Waals surface area (Å²) in [5, 5.41) is 8.97. The number of hydrogen-bond acceptors (Lipinski definition) is 5. The Bertz CT molecular complexity index is 1010. The van der Waals surface area contributed by atoms with Gasteiger partial charge in [0, 0.05) is 12.4 Å². The lowest BCUT2D eigenvalue weighted by atomic mass is 9.67. The quantitative estimate of drug-likeness (QED) is 0.716. The molecule has 0 radical (unpaired) electrons. The van der Waals surface area contributed by atoms with Crippen molar-refractivity contribution in [1.82, 2.24) is 4.98 Å². The van der Waals surface area contributed by atoms with Crippen LogP contribution in [0, 0.1) is 11.3 Å². The molecule has 0 unspecified atom stereocenters. The van der Waals surface area contributed by atoms with Crippen LogP contribution in [0.3, 0.4) is 0 Å². The van der Waals surface area contributed by atoms with Crippen LogP contribution in [0.15, 0.2) is 48.8 Å². The number of ketones is 1. The molecule has 152 valence electrons. The third-order valence-electron chi connectivity index (χ3n) is 6.26. The molecule has 0 saturated heterocycles. The molecule has 0 spiro atoms. The molecule has 1 aromatic heterocycles. The molecule has 0 atom stereocenters. The van der Waals surface area contributed by atoms with Gasteiger partial charge in [0.05, 0.1) is 21.8 Å². The van der Waals surface area contributed by atoms with Crippen molar-refractivity contribution in [3.63, 3.8) is 0 Å². The van der Waals surface area contributed by atoms with Crippen molar-refractivity contribution in [1.29, 1.82) is 5.26 Å². The van der Waals surface area contributed by atoms with Gasteiger partial charge in [-0.3, -0.25) is 9.78 Å². The average molecular weight is 411 g/mol. The average Bonchev–Trinajstić information content (AvgIpc) is 2.74. The zero-order valence-corrected chi connectivity index (χ0v) is 17.7. The number of pyridine rings is 1. The molecule has 2 aromatic rings. The van der Waals surface area contributed by atoms with Crippen molar-refractivity contribution in [2.45, 2.75) is 56.1 Å². The number of benzene rings is 1. The summed E-state index contributed by atoms with van der Waals surface area (Å²) in [4.78, 5) is 17.6. The molecule has 29 heavy (non-hydrogen) atoms. The predicted molar refractivity (Wildman–Crippen MR) is 112 cm³/mol. The molecule has 1 aliphatic rings. The first-order valence-electron chi connectivity index (χ1n) is 9.90. The molecule has 1 aromatic carbocycles. The summed E-state index contributed by atoms with van der Waals surface area (Å²) < 4.78 is 25.4. The fourth-order valence-electron chi connectivity index (χ4n) is 4.15. The molecule has 1 aliphatic carbocycles. The third-order valence-corrected chi connectivity index (χ3v) is 8.70. The highest BCUT2D eigenvalue weighted by Gasteiger charge is 2.46. The number of nitriles is 1. The summed E-state index contributed by atoms with van der Waals surface area (Å²) in [6.07, 6.45) is 7.53. The lowest BCUT2D eigenvalue weighted by molar-refractivity contribution is -0.123. The number of hydrogen-bond donors (Lipinski definition) is 0. The van der Waals surface area contributed by atoms with E-state index in [0.717, 1.165) is 24.8 Å². The van der Waals surface area contributed by atoms with E-state index in [9.17, 15) is 13.2 Å². The molecule has 6 heteroatoms. The van der Waals surface area contributed by atoms with E-state index in [1.165, 1.54) is 0 Å². The molecule has 0 aliphatic heterocycles. The summed E-state index contributed by atoms with van der Waals surface area (Å²) in [5.74, 6) is -0.749. The minimum atomic E-state index is -3.78. The van der Waals surface area contributed by atoms with Crippen LogP contribution in [0.5, 0.6) is 0 Å². The number of carbonyl (C=O) groups is 1. The zero-order chi connectivity index (χ0) is 21.1. The Morgan fingerprint density at radius 1 is 1.14 bits per heavy atom. The van der Waals surface area contributed by atoms with Crippen LogP contribution in [0.1, 0.15) is 62.6 Å². The van der Waals surface area contributed by atoms with Gasteiger partial charge in [0.15, 0.2) is 15.6 Å². The fraction of sp³-hybridized carbons (Fsp3) is 0.435. The van der Waals surface area contributed by atoms with E-state index in [0.29, 0.717) is 24.0 Å². The van der Waals surface area contributed by atoms with E-state index in [-0.39, 0.29) is 5.78 Å². The molecule has 1 heterocycles. The van der Waals surface area contributed by atoms with Crippen LogP contribution >= 0.6 is 0 Å². The van der Waals surface area contributed by atoms with Crippen LogP contribution in [-0.4, -0.2) is 24.9 Å². The molecule has 0 amide bonds. The minimum Gasteiger partial charge on any atom is -0.298 e. The van der Waals surface area contributed by atoms with Crippen LogP contribution in [-0.2, 0) is 24.8 Å². The van der Waals surface area contributed by atoms with Crippen LogP contribution in [0.25, 0.3) is 0 Å². The number of carbonyl (C=O) groups excluding carboxylic acids is 1. The maximum absolute atomic E-state index is 13.5. The molecule has 1 fully saturated rings. The number of aromatic nitrogens is 1. The van der Waals surface area contributed by atoms with Gasteiger partial charge in [-0.1, -0.05) is 37.5 Å². The number of sulfone groups is 1. The van der Waals surface area contributed by atoms with E-state index in [4.69, 9.17) is 5.26 Å². The Morgan fingerprint density at radius 2 is 1.79 bits per heavy atom. The van der Waals surface area contributed by atoms with Gasteiger partial charge >= 0.3 is 0 Å². The molecular weight excluding hydrogens is 384 g/mol. The number of Topliss-reactive ketones (excluding diaryl/α,β-unsaturated/α-hetero) is 1. The normalized spacial score (nSPS) is 16.7. The van der Waals surface area contributed by atoms with E-state index in [2.05, 4.69) is 4.98 Å². The third kappa shape index (κ3) is 3.97. The highest BCUT2D eigenvalue weighted by molar-refractivity contribution is 7.93. The van der Waals surface area contributed by atoms with Gasteiger partial charge in [-0.05, 0) is 56.0 Å². The van der Waals surface area contributed by atoms with Crippen LogP contribution in [0.2, 0.25) is 0 Å². The molecule has 0 N–H and O–H groups in total. The smallest absolute Gasteiger partial charge is 0.166 e. The first kappa shape index (κ1) is 21.2. The lowest BCUT2D eigenvalue weighted by Crippen LogP contribution is -2.44.